The Hall–Kier alpha value is -2.17. The molecule has 0 aliphatic carbocycles. The van der Waals surface area contributed by atoms with E-state index >= 15 is 0 Å². The average molecular weight is 272 g/mol. The number of nitrogens with one attached hydrogen (secondary N) is 2. The maximum Gasteiger partial charge on any atom is 0.292 e. The molecular formula is C15H20N4O. The van der Waals surface area contributed by atoms with E-state index in [1.54, 1.807) is 0 Å². The zero-order valence-corrected chi connectivity index (χ0v) is 12.3. The van der Waals surface area contributed by atoms with Gasteiger partial charge in [0.1, 0.15) is 6.33 Å². The number of carbonyl (C=O) groups is 1. The summed E-state index contributed by atoms with van der Waals surface area (Å²) in [6.45, 7) is 8.46. The van der Waals surface area contributed by atoms with Crippen molar-refractivity contribution in [3.8, 4) is 0 Å². The first-order valence-electron chi connectivity index (χ1n) is 6.80. The number of benzene rings is 1. The number of carbonyl (C=O) groups excluding carboxylic acids is 1. The minimum atomic E-state index is -0.266. The number of hydrogen-bond donors (Lipinski definition) is 2. The van der Waals surface area contributed by atoms with E-state index in [1.165, 1.54) is 6.33 Å². The highest BCUT2D eigenvalue weighted by Gasteiger charge is 2.17. The molecule has 5 nitrogen and oxygen atoms in total. The van der Waals surface area contributed by atoms with Crippen molar-refractivity contribution >= 4 is 11.6 Å². The quantitative estimate of drug-likeness (QED) is 0.897. The predicted molar refractivity (Wildman–Crippen MR) is 79.0 cm³/mol. The minimum absolute atomic E-state index is 0.221. The molecule has 0 saturated carbocycles. The highest BCUT2D eigenvalue weighted by Crippen LogP contribution is 2.32. The van der Waals surface area contributed by atoms with Crippen LogP contribution in [0.5, 0.6) is 0 Å². The van der Waals surface area contributed by atoms with Gasteiger partial charge in [0.15, 0.2) is 0 Å². The highest BCUT2D eigenvalue weighted by atomic mass is 16.2. The fourth-order valence-electron chi connectivity index (χ4n) is 2.18. The molecule has 0 aliphatic rings. The molecule has 2 rings (SSSR count). The van der Waals surface area contributed by atoms with E-state index in [-0.39, 0.29) is 11.7 Å². The second-order valence-corrected chi connectivity index (χ2v) is 5.41. The number of rotatable bonds is 4. The van der Waals surface area contributed by atoms with Gasteiger partial charge in [0.2, 0.25) is 5.82 Å². The average Bonchev–Trinajstić information content (AvgIpc) is 2.92. The molecule has 5 heteroatoms. The molecule has 2 N–H and O–H groups in total. The number of amides is 1. The first kappa shape index (κ1) is 14.2. The van der Waals surface area contributed by atoms with E-state index in [1.807, 2.05) is 18.2 Å². The molecule has 1 aromatic heterocycles. The molecule has 0 atom stereocenters. The van der Waals surface area contributed by atoms with E-state index in [9.17, 15) is 4.79 Å². The molecule has 2 aromatic rings. The number of aromatic nitrogens is 3. The summed E-state index contributed by atoms with van der Waals surface area (Å²) < 4.78 is 0. The van der Waals surface area contributed by atoms with Crippen LogP contribution in [0.1, 0.15) is 61.3 Å². The molecule has 106 valence electrons. The lowest BCUT2D eigenvalue weighted by atomic mass is 9.92. The van der Waals surface area contributed by atoms with Gasteiger partial charge in [-0.3, -0.25) is 9.89 Å². The van der Waals surface area contributed by atoms with Gasteiger partial charge < -0.3 is 5.32 Å². The van der Waals surface area contributed by atoms with Crippen molar-refractivity contribution in [2.24, 2.45) is 0 Å². The third-order valence-corrected chi connectivity index (χ3v) is 3.24. The van der Waals surface area contributed by atoms with Gasteiger partial charge in [-0.05, 0) is 23.0 Å². The zero-order chi connectivity index (χ0) is 14.7. The molecule has 0 aliphatic heterocycles. The molecule has 1 aromatic carbocycles. The van der Waals surface area contributed by atoms with Crippen LogP contribution in [0.4, 0.5) is 5.69 Å². The largest absolute Gasteiger partial charge is 0.319 e. The Bertz CT molecular complexity index is 562. The second kappa shape index (κ2) is 5.86. The lowest BCUT2D eigenvalue weighted by molar-refractivity contribution is 0.101. The molecular weight excluding hydrogens is 252 g/mol. The Labute approximate surface area is 118 Å². The molecule has 0 radical (unpaired) electrons. The van der Waals surface area contributed by atoms with Crippen LogP contribution >= 0.6 is 0 Å². The maximum absolute atomic E-state index is 12.2. The number of H-pyrrole nitrogens is 1. The first-order chi connectivity index (χ1) is 9.50. The van der Waals surface area contributed by atoms with E-state index in [0.29, 0.717) is 11.8 Å². The van der Waals surface area contributed by atoms with Gasteiger partial charge in [0.25, 0.3) is 5.91 Å². The monoisotopic (exact) mass is 272 g/mol. The minimum Gasteiger partial charge on any atom is -0.319 e. The van der Waals surface area contributed by atoms with E-state index < -0.39 is 0 Å². The molecule has 0 bridgehead atoms. The van der Waals surface area contributed by atoms with Crippen LogP contribution in [-0.4, -0.2) is 21.1 Å². The summed E-state index contributed by atoms with van der Waals surface area (Å²) in [5.74, 6) is 0.619. The summed E-state index contributed by atoms with van der Waals surface area (Å²) >= 11 is 0. The lowest BCUT2D eigenvalue weighted by Gasteiger charge is -2.19. The summed E-state index contributed by atoms with van der Waals surface area (Å²) in [6, 6.07) is 6.13. The predicted octanol–water partition coefficient (Wildman–Crippen LogP) is 3.30. The molecule has 0 fully saturated rings. The number of hydrogen-bond acceptors (Lipinski definition) is 3. The standard InChI is InChI=1S/C15H20N4O/c1-9(2)11-6-5-7-12(10(3)4)13(11)18-15(20)14-16-8-17-19-14/h5-10H,1-4H3,(H,18,20)(H,16,17,19). The Kier molecular flexibility index (Phi) is 4.17. The number of aromatic amines is 1. The molecule has 20 heavy (non-hydrogen) atoms. The van der Waals surface area contributed by atoms with Crippen molar-refractivity contribution in [1.29, 1.82) is 0 Å². The van der Waals surface area contributed by atoms with Crippen LogP contribution in [0.3, 0.4) is 0 Å². The van der Waals surface area contributed by atoms with E-state index in [4.69, 9.17) is 0 Å². The number of nitrogens with zero attached hydrogens (tertiary/aromatic N) is 2. The summed E-state index contributed by atoms with van der Waals surface area (Å²) in [6.07, 6.45) is 1.33. The number of anilines is 1. The molecule has 0 spiro atoms. The third-order valence-electron chi connectivity index (χ3n) is 3.24. The molecule has 0 saturated heterocycles. The Morgan fingerprint density at radius 1 is 1.15 bits per heavy atom. The van der Waals surface area contributed by atoms with Gasteiger partial charge in [0, 0.05) is 5.69 Å². The van der Waals surface area contributed by atoms with Gasteiger partial charge in [0.05, 0.1) is 0 Å². The smallest absolute Gasteiger partial charge is 0.292 e. The van der Waals surface area contributed by atoms with E-state index in [2.05, 4.69) is 48.2 Å². The number of para-hydroxylation sites is 1. The van der Waals surface area contributed by atoms with Crippen LogP contribution in [0, 0.1) is 0 Å². The Morgan fingerprint density at radius 2 is 1.75 bits per heavy atom. The van der Waals surface area contributed by atoms with Gasteiger partial charge >= 0.3 is 0 Å². The van der Waals surface area contributed by atoms with Crippen molar-refractivity contribution in [3.63, 3.8) is 0 Å². The highest BCUT2D eigenvalue weighted by molar-refractivity contribution is 6.02. The second-order valence-electron chi connectivity index (χ2n) is 5.41. The fraction of sp³-hybridized carbons (Fsp3) is 0.400. The topological polar surface area (TPSA) is 70.7 Å². The van der Waals surface area contributed by atoms with Crippen molar-refractivity contribution in [3.05, 3.63) is 41.5 Å². The van der Waals surface area contributed by atoms with Gasteiger partial charge in [-0.15, -0.1) is 0 Å². The first-order valence-corrected chi connectivity index (χ1v) is 6.80. The van der Waals surface area contributed by atoms with Crippen molar-refractivity contribution in [2.45, 2.75) is 39.5 Å². The van der Waals surface area contributed by atoms with Crippen molar-refractivity contribution in [1.82, 2.24) is 15.2 Å². The van der Waals surface area contributed by atoms with Crippen molar-refractivity contribution in [2.75, 3.05) is 5.32 Å². The SMILES string of the molecule is CC(C)c1cccc(C(C)C)c1NC(=O)c1ncn[nH]1. The Balaban J connectivity index is 2.40. The molecule has 1 amide bonds. The van der Waals surface area contributed by atoms with Crippen LogP contribution in [0.25, 0.3) is 0 Å². The fourth-order valence-corrected chi connectivity index (χ4v) is 2.18. The summed E-state index contributed by atoms with van der Waals surface area (Å²) in [7, 11) is 0. The van der Waals surface area contributed by atoms with Crippen LogP contribution in [0.15, 0.2) is 24.5 Å². The van der Waals surface area contributed by atoms with Crippen LogP contribution < -0.4 is 5.32 Å². The summed E-state index contributed by atoms with van der Waals surface area (Å²) in [4.78, 5) is 16.1. The maximum atomic E-state index is 12.2. The van der Waals surface area contributed by atoms with Gasteiger partial charge in [-0.2, -0.15) is 5.10 Å². The normalized spacial score (nSPS) is 11.1. The summed E-state index contributed by atoms with van der Waals surface area (Å²) in [5, 5.41) is 9.26. The molecule has 0 unspecified atom stereocenters. The van der Waals surface area contributed by atoms with Crippen molar-refractivity contribution < 1.29 is 4.79 Å². The van der Waals surface area contributed by atoms with Crippen LogP contribution in [0.2, 0.25) is 0 Å². The molecule has 1 heterocycles. The third kappa shape index (κ3) is 2.87. The Morgan fingerprint density at radius 3 is 2.20 bits per heavy atom. The lowest BCUT2D eigenvalue weighted by Crippen LogP contribution is -2.17. The van der Waals surface area contributed by atoms with Gasteiger partial charge in [-0.1, -0.05) is 45.9 Å². The summed E-state index contributed by atoms with van der Waals surface area (Å²) in [5.41, 5.74) is 3.15. The van der Waals surface area contributed by atoms with Crippen LogP contribution in [-0.2, 0) is 0 Å². The van der Waals surface area contributed by atoms with E-state index in [0.717, 1.165) is 16.8 Å². The zero-order valence-electron chi connectivity index (χ0n) is 12.3. The van der Waals surface area contributed by atoms with Gasteiger partial charge in [-0.25, -0.2) is 4.98 Å².